The first-order valence-corrected chi connectivity index (χ1v) is 4.80. The minimum atomic E-state index is -0.474. The summed E-state index contributed by atoms with van der Waals surface area (Å²) in [6.45, 7) is 5.32. The third-order valence-corrected chi connectivity index (χ3v) is 2.20. The molecule has 0 amide bonds. The molecule has 0 aliphatic heterocycles. The average molecular weight is 212 g/mol. The first kappa shape index (κ1) is 11.8. The van der Waals surface area contributed by atoms with Crippen LogP contribution in [0, 0.1) is 12.7 Å². The highest BCUT2D eigenvalue weighted by Crippen LogP contribution is 2.25. The zero-order chi connectivity index (χ0) is 11.6. The molecule has 15 heavy (non-hydrogen) atoms. The lowest BCUT2D eigenvalue weighted by Gasteiger charge is -2.26. The Bertz CT molecular complexity index is 364. The van der Waals surface area contributed by atoms with E-state index >= 15 is 0 Å². The number of aliphatic hydroxyl groups excluding tert-OH is 1. The van der Waals surface area contributed by atoms with Gasteiger partial charge in [0.15, 0.2) is 0 Å². The van der Waals surface area contributed by atoms with E-state index in [1.165, 1.54) is 6.07 Å². The molecule has 4 heteroatoms. The van der Waals surface area contributed by atoms with E-state index in [9.17, 15) is 4.39 Å². The Morgan fingerprint density at radius 2 is 2.07 bits per heavy atom. The summed E-state index contributed by atoms with van der Waals surface area (Å²) in [5, 5.41) is 12.2. The summed E-state index contributed by atoms with van der Waals surface area (Å²) in [6, 6.07) is 2.92. The molecule has 0 aromatic heterocycles. The van der Waals surface area contributed by atoms with Gasteiger partial charge in [-0.05, 0) is 38.5 Å². The quantitative estimate of drug-likeness (QED) is 0.671. The van der Waals surface area contributed by atoms with Gasteiger partial charge in [0.05, 0.1) is 23.5 Å². The molecule has 0 radical (unpaired) electrons. The third kappa shape index (κ3) is 2.83. The monoisotopic (exact) mass is 212 g/mol. The molecule has 3 nitrogen and oxygen atoms in total. The fourth-order valence-electron chi connectivity index (χ4n) is 1.21. The van der Waals surface area contributed by atoms with Crippen LogP contribution in [0.2, 0.25) is 0 Å². The molecule has 1 rings (SSSR count). The summed E-state index contributed by atoms with van der Waals surface area (Å²) in [7, 11) is 0. The molecule has 0 fully saturated rings. The minimum absolute atomic E-state index is 0.0249. The lowest BCUT2D eigenvalue weighted by molar-refractivity contribution is 0.234. The van der Waals surface area contributed by atoms with Gasteiger partial charge in [-0.3, -0.25) is 0 Å². The Hall–Kier alpha value is -1.29. The lowest BCUT2D eigenvalue weighted by Crippen LogP contribution is -2.35. The number of aryl methyl sites for hydroxylation is 1. The maximum atomic E-state index is 13.1. The van der Waals surface area contributed by atoms with Gasteiger partial charge in [0.2, 0.25) is 0 Å². The number of benzene rings is 1. The maximum Gasteiger partial charge on any atom is 0.128 e. The second kappa shape index (κ2) is 4.06. The molecule has 0 atom stereocenters. The Morgan fingerprint density at radius 3 is 2.60 bits per heavy atom. The number of hydrogen-bond acceptors (Lipinski definition) is 3. The van der Waals surface area contributed by atoms with Crippen LogP contribution in [0.1, 0.15) is 19.4 Å². The molecule has 0 heterocycles. The van der Waals surface area contributed by atoms with E-state index in [2.05, 4.69) is 5.32 Å². The van der Waals surface area contributed by atoms with E-state index in [1.807, 2.05) is 13.8 Å². The summed E-state index contributed by atoms with van der Waals surface area (Å²) in [4.78, 5) is 0. The van der Waals surface area contributed by atoms with Crippen LogP contribution >= 0.6 is 0 Å². The van der Waals surface area contributed by atoms with E-state index in [-0.39, 0.29) is 12.4 Å². The minimum Gasteiger partial charge on any atom is -0.397 e. The first-order valence-electron chi connectivity index (χ1n) is 4.80. The number of nitrogens with one attached hydrogen (secondary N) is 1. The summed E-state index contributed by atoms with van der Waals surface area (Å²) in [6.07, 6.45) is 0. The first-order chi connectivity index (χ1) is 6.85. The fourth-order valence-corrected chi connectivity index (χ4v) is 1.21. The van der Waals surface area contributed by atoms with Crippen LogP contribution in [0.25, 0.3) is 0 Å². The number of nitrogens with two attached hydrogens (primary N) is 1. The number of nitrogen functional groups attached to an aromatic ring is 1. The van der Waals surface area contributed by atoms with Gasteiger partial charge in [0.25, 0.3) is 0 Å². The number of halogens is 1. The summed E-state index contributed by atoms with van der Waals surface area (Å²) in [5.74, 6) is -0.320. The van der Waals surface area contributed by atoms with Gasteiger partial charge in [0, 0.05) is 0 Å². The molecule has 1 aromatic carbocycles. The molecule has 0 saturated heterocycles. The van der Waals surface area contributed by atoms with Crippen molar-refractivity contribution in [1.29, 1.82) is 0 Å². The maximum absolute atomic E-state index is 13.1. The Morgan fingerprint density at radius 1 is 1.47 bits per heavy atom. The van der Waals surface area contributed by atoms with Crippen molar-refractivity contribution in [1.82, 2.24) is 0 Å². The summed E-state index contributed by atoms with van der Waals surface area (Å²) >= 11 is 0. The number of aliphatic hydroxyl groups is 1. The number of anilines is 2. The molecule has 0 bridgehead atoms. The van der Waals surface area contributed by atoms with Crippen molar-refractivity contribution in [2.24, 2.45) is 0 Å². The molecule has 0 aliphatic rings. The van der Waals surface area contributed by atoms with Crippen molar-refractivity contribution in [2.45, 2.75) is 26.3 Å². The predicted molar refractivity (Wildman–Crippen MR) is 60.3 cm³/mol. The number of hydrogen-bond donors (Lipinski definition) is 3. The Balaban J connectivity index is 3.01. The van der Waals surface area contributed by atoms with Crippen LogP contribution in [0.5, 0.6) is 0 Å². The van der Waals surface area contributed by atoms with Gasteiger partial charge in [-0.2, -0.15) is 0 Å². The van der Waals surface area contributed by atoms with Gasteiger partial charge in [-0.1, -0.05) is 0 Å². The van der Waals surface area contributed by atoms with Crippen molar-refractivity contribution in [2.75, 3.05) is 17.7 Å². The largest absolute Gasteiger partial charge is 0.397 e. The molecular weight excluding hydrogens is 195 g/mol. The summed E-state index contributed by atoms with van der Waals surface area (Å²) < 4.78 is 13.1. The molecule has 0 spiro atoms. The third-order valence-electron chi connectivity index (χ3n) is 2.20. The van der Waals surface area contributed by atoms with Crippen molar-refractivity contribution in [3.8, 4) is 0 Å². The van der Waals surface area contributed by atoms with Gasteiger partial charge in [-0.25, -0.2) is 4.39 Å². The SMILES string of the molecule is Cc1cc(NC(C)(C)CO)c(N)cc1F. The second-order valence-corrected chi connectivity index (χ2v) is 4.36. The summed E-state index contributed by atoms with van der Waals surface area (Å²) in [5.41, 5.74) is 6.72. The van der Waals surface area contributed by atoms with Gasteiger partial charge in [-0.15, -0.1) is 0 Å². The Labute approximate surface area is 89.1 Å². The van der Waals surface area contributed by atoms with Crippen LogP contribution in [0.3, 0.4) is 0 Å². The highest BCUT2D eigenvalue weighted by molar-refractivity contribution is 5.68. The molecule has 1 aromatic rings. The van der Waals surface area contributed by atoms with Crippen LogP contribution < -0.4 is 11.1 Å². The second-order valence-electron chi connectivity index (χ2n) is 4.36. The zero-order valence-corrected chi connectivity index (χ0v) is 9.26. The highest BCUT2D eigenvalue weighted by Gasteiger charge is 2.17. The van der Waals surface area contributed by atoms with Crippen molar-refractivity contribution in [3.05, 3.63) is 23.5 Å². The molecular formula is C11H17FN2O. The van der Waals surface area contributed by atoms with Gasteiger partial charge in [0.1, 0.15) is 5.82 Å². The number of rotatable bonds is 3. The van der Waals surface area contributed by atoms with Crippen molar-refractivity contribution in [3.63, 3.8) is 0 Å². The van der Waals surface area contributed by atoms with E-state index in [0.29, 0.717) is 16.9 Å². The average Bonchev–Trinajstić information content (AvgIpc) is 2.14. The van der Waals surface area contributed by atoms with Crippen LogP contribution in [0.4, 0.5) is 15.8 Å². The molecule has 84 valence electrons. The smallest absolute Gasteiger partial charge is 0.128 e. The van der Waals surface area contributed by atoms with Gasteiger partial charge >= 0.3 is 0 Å². The highest BCUT2D eigenvalue weighted by atomic mass is 19.1. The van der Waals surface area contributed by atoms with E-state index in [0.717, 1.165) is 0 Å². The van der Waals surface area contributed by atoms with E-state index < -0.39 is 5.54 Å². The van der Waals surface area contributed by atoms with E-state index in [4.69, 9.17) is 10.8 Å². The van der Waals surface area contributed by atoms with E-state index in [1.54, 1.807) is 13.0 Å². The van der Waals surface area contributed by atoms with Crippen molar-refractivity contribution >= 4 is 11.4 Å². The molecule has 0 unspecified atom stereocenters. The normalized spacial score (nSPS) is 11.5. The van der Waals surface area contributed by atoms with Gasteiger partial charge < -0.3 is 16.2 Å². The topological polar surface area (TPSA) is 58.3 Å². The predicted octanol–water partition coefficient (Wildman–Crippen LogP) is 1.90. The molecule has 0 aliphatic carbocycles. The lowest BCUT2D eigenvalue weighted by atomic mass is 10.1. The van der Waals surface area contributed by atoms with Crippen LogP contribution in [-0.4, -0.2) is 17.3 Å². The Kier molecular flexibility index (Phi) is 3.19. The fraction of sp³-hybridized carbons (Fsp3) is 0.455. The van der Waals surface area contributed by atoms with Crippen molar-refractivity contribution < 1.29 is 9.50 Å². The zero-order valence-electron chi connectivity index (χ0n) is 9.26. The van der Waals surface area contributed by atoms with Crippen LogP contribution in [-0.2, 0) is 0 Å². The standard InChI is InChI=1S/C11H17FN2O/c1-7-4-10(9(13)5-8(7)12)14-11(2,3)6-15/h4-5,14-15H,6,13H2,1-3H3. The van der Waals surface area contributed by atoms with Crippen LogP contribution in [0.15, 0.2) is 12.1 Å². The molecule has 0 saturated carbocycles. The molecule has 4 N–H and O–H groups in total.